The van der Waals surface area contributed by atoms with Crippen molar-refractivity contribution in [1.29, 1.82) is 0 Å². The van der Waals surface area contributed by atoms with Crippen LogP contribution in [0.25, 0.3) is 0 Å². The molecule has 0 spiro atoms. The van der Waals surface area contributed by atoms with E-state index in [0.29, 0.717) is 9.36 Å². The summed E-state index contributed by atoms with van der Waals surface area (Å²) in [5.74, 6) is 0.0772. The predicted molar refractivity (Wildman–Crippen MR) is 155 cm³/mol. The minimum atomic E-state index is -0.973. The summed E-state index contributed by atoms with van der Waals surface area (Å²) in [6.07, 6.45) is -0.914. The Kier molecular flexibility index (Phi) is 10.1. The van der Waals surface area contributed by atoms with E-state index in [1.165, 1.54) is 11.3 Å². The SMILES string of the molecule is CC[C@@H](CSC(C)(C)C)N1C(=O)[C@@H](CC(=O)OC(C)(C)C)O[C@H](c2cccc(Cl)c2)[C@H]1c1ccc(Cl)s1. The van der Waals surface area contributed by atoms with Gasteiger partial charge in [-0.15, -0.1) is 11.3 Å². The lowest BCUT2D eigenvalue weighted by atomic mass is 9.93. The fraction of sp³-hybridized carbons (Fsp3) is 0.571. The van der Waals surface area contributed by atoms with Gasteiger partial charge in [-0.25, -0.2) is 0 Å². The van der Waals surface area contributed by atoms with Crippen LogP contribution in [0.3, 0.4) is 0 Å². The molecule has 2 aromatic rings. The Morgan fingerprint density at radius 2 is 1.86 bits per heavy atom. The van der Waals surface area contributed by atoms with Crippen LogP contribution in [-0.4, -0.2) is 45.0 Å². The zero-order chi connectivity index (χ0) is 27.5. The highest BCUT2D eigenvalue weighted by molar-refractivity contribution is 8.00. The third-order valence-electron chi connectivity index (χ3n) is 5.84. The Labute approximate surface area is 239 Å². The van der Waals surface area contributed by atoms with Crippen molar-refractivity contribution < 1.29 is 19.1 Å². The Bertz CT molecular complexity index is 1090. The molecule has 0 radical (unpaired) electrons. The summed E-state index contributed by atoms with van der Waals surface area (Å²) in [7, 11) is 0. The van der Waals surface area contributed by atoms with Crippen LogP contribution in [0.1, 0.15) is 83.9 Å². The van der Waals surface area contributed by atoms with Crippen molar-refractivity contribution in [1.82, 2.24) is 4.90 Å². The van der Waals surface area contributed by atoms with Crippen LogP contribution in [-0.2, 0) is 19.1 Å². The highest BCUT2D eigenvalue weighted by atomic mass is 35.5. The molecule has 1 amide bonds. The number of ether oxygens (including phenoxy) is 2. The first-order chi connectivity index (χ1) is 17.2. The van der Waals surface area contributed by atoms with Gasteiger partial charge in [0, 0.05) is 26.4 Å². The molecule has 1 aromatic heterocycles. The van der Waals surface area contributed by atoms with Gasteiger partial charge in [0.25, 0.3) is 5.91 Å². The molecule has 1 aliphatic heterocycles. The fourth-order valence-electron chi connectivity index (χ4n) is 4.29. The lowest BCUT2D eigenvalue weighted by Gasteiger charge is -2.47. The lowest BCUT2D eigenvalue weighted by molar-refractivity contribution is -0.185. The maximum absolute atomic E-state index is 14.1. The normalized spacial score (nSPS) is 21.7. The molecule has 5 nitrogen and oxygen atoms in total. The monoisotopic (exact) mass is 585 g/mol. The average molecular weight is 587 g/mol. The number of hydrogen-bond acceptors (Lipinski definition) is 6. The molecule has 3 rings (SSSR count). The van der Waals surface area contributed by atoms with Crippen LogP contribution in [0.4, 0.5) is 0 Å². The molecule has 0 N–H and O–H groups in total. The quantitative estimate of drug-likeness (QED) is 0.293. The lowest BCUT2D eigenvalue weighted by Crippen LogP contribution is -2.56. The number of carbonyl (C=O) groups excluding carboxylic acids is 2. The number of halogens is 2. The Balaban J connectivity index is 2.09. The van der Waals surface area contributed by atoms with Gasteiger partial charge in [0.1, 0.15) is 17.8 Å². The van der Waals surface area contributed by atoms with Gasteiger partial charge >= 0.3 is 5.97 Å². The van der Waals surface area contributed by atoms with Gasteiger partial charge in [0.15, 0.2) is 0 Å². The van der Waals surface area contributed by atoms with Crippen LogP contribution in [0.2, 0.25) is 9.36 Å². The van der Waals surface area contributed by atoms with E-state index < -0.39 is 29.8 Å². The second-order valence-corrected chi connectivity index (χ2v) is 15.2. The van der Waals surface area contributed by atoms with Crippen LogP contribution >= 0.6 is 46.3 Å². The number of morpholine rings is 1. The van der Waals surface area contributed by atoms with Gasteiger partial charge in [-0.1, -0.05) is 63.0 Å². The third kappa shape index (κ3) is 8.37. The van der Waals surface area contributed by atoms with Gasteiger partial charge in [0.2, 0.25) is 0 Å². The molecule has 1 aromatic carbocycles. The first-order valence-electron chi connectivity index (χ1n) is 12.5. The van der Waals surface area contributed by atoms with E-state index in [1.807, 2.05) is 67.8 Å². The van der Waals surface area contributed by atoms with Crippen molar-refractivity contribution in [2.75, 3.05) is 5.75 Å². The maximum atomic E-state index is 14.1. The first kappa shape index (κ1) is 30.3. The van der Waals surface area contributed by atoms with Crippen LogP contribution < -0.4 is 0 Å². The maximum Gasteiger partial charge on any atom is 0.309 e. The Morgan fingerprint density at radius 3 is 2.41 bits per heavy atom. The third-order valence-corrected chi connectivity index (χ3v) is 8.79. The molecule has 1 fully saturated rings. The summed E-state index contributed by atoms with van der Waals surface area (Å²) in [5.41, 5.74) is 0.180. The molecule has 1 aliphatic rings. The van der Waals surface area contributed by atoms with Crippen molar-refractivity contribution >= 4 is 58.2 Å². The summed E-state index contributed by atoms with van der Waals surface area (Å²) >= 11 is 16.0. The molecule has 0 saturated carbocycles. The van der Waals surface area contributed by atoms with Crippen molar-refractivity contribution in [3.05, 3.63) is 56.2 Å². The van der Waals surface area contributed by atoms with Crippen molar-refractivity contribution in [3.8, 4) is 0 Å². The van der Waals surface area contributed by atoms with E-state index in [-0.39, 0.29) is 23.1 Å². The van der Waals surface area contributed by atoms with E-state index in [1.54, 1.807) is 6.07 Å². The molecule has 0 bridgehead atoms. The number of benzene rings is 1. The number of carbonyl (C=O) groups is 2. The van der Waals surface area contributed by atoms with Gasteiger partial charge in [-0.2, -0.15) is 11.8 Å². The molecular formula is C28H37Cl2NO4S2. The number of nitrogens with zero attached hydrogens (tertiary/aromatic N) is 1. The number of thiophene rings is 1. The van der Waals surface area contributed by atoms with E-state index in [4.69, 9.17) is 32.7 Å². The minimum Gasteiger partial charge on any atom is -0.460 e. The zero-order valence-corrected chi connectivity index (χ0v) is 25.7. The topological polar surface area (TPSA) is 55.8 Å². The summed E-state index contributed by atoms with van der Waals surface area (Å²) < 4.78 is 12.7. The molecule has 0 aliphatic carbocycles. The summed E-state index contributed by atoms with van der Waals surface area (Å²) in [6.45, 7) is 14.0. The van der Waals surface area contributed by atoms with Crippen molar-refractivity contribution in [2.24, 2.45) is 0 Å². The van der Waals surface area contributed by atoms with E-state index >= 15 is 0 Å². The number of thioether (sulfide) groups is 1. The summed E-state index contributed by atoms with van der Waals surface area (Å²) in [5, 5.41) is 0.575. The highest BCUT2D eigenvalue weighted by Crippen LogP contribution is 2.47. The molecule has 4 atom stereocenters. The van der Waals surface area contributed by atoms with Gasteiger partial charge in [-0.3, -0.25) is 9.59 Å². The largest absolute Gasteiger partial charge is 0.460 e. The van der Waals surface area contributed by atoms with Crippen molar-refractivity contribution in [2.45, 2.75) is 95.9 Å². The van der Waals surface area contributed by atoms with Crippen molar-refractivity contribution in [3.63, 3.8) is 0 Å². The Hall–Kier alpha value is -1.25. The van der Waals surface area contributed by atoms with E-state index in [0.717, 1.165) is 22.6 Å². The second kappa shape index (κ2) is 12.3. The number of esters is 1. The smallest absolute Gasteiger partial charge is 0.309 e. The number of hydrogen-bond donors (Lipinski definition) is 0. The molecule has 9 heteroatoms. The van der Waals surface area contributed by atoms with Crippen LogP contribution in [0, 0.1) is 0 Å². The number of rotatable bonds is 8. The summed E-state index contributed by atoms with van der Waals surface area (Å²) in [6, 6.07) is 10.8. The molecule has 0 unspecified atom stereocenters. The zero-order valence-electron chi connectivity index (χ0n) is 22.5. The molecular weight excluding hydrogens is 549 g/mol. The molecule has 1 saturated heterocycles. The Morgan fingerprint density at radius 1 is 1.16 bits per heavy atom. The fourth-order valence-corrected chi connectivity index (χ4v) is 6.77. The number of amides is 1. The summed E-state index contributed by atoms with van der Waals surface area (Å²) in [4.78, 5) is 29.8. The van der Waals surface area contributed by atoms with E-state index in [9.17, 15) is 9.59 Å². The van der Waals surface area contributed by atoms with Gasteiger partial charge in [0.05, 0.1) is 16.8 Å². The molecule has 204 valence electrons. The predicted octanol–water partition coefficient (Wildman–Crippen LogP) is 8.11. The standard InChI is InChI=1S/C28H37Cl2NO4S2/c1-8-19(16-36-28(5,6)7)31-24(21-12-13-22(30)37-21)25(17-10-9-11-18(29)14-17)34-20(26(31)33)15-23(32)35-27(2,3)4/h9-14,19-20,24-25H,8,15-16H2,1-7H3/t19-,20+,24+,25+/m0/s1. The molecule has 2 heterocycles. The van der Waals surface area contributed by atoms with Crippen LogP contribution in [0.15, 0.2) is 36.4 Å². The first-order valence-corrected chi connectivity index (χ1v) is 15.1. The van der Waals surface area contributed by atoms with Gasteiger partial charge < -0.3 is 14.4 Å². The van der Waals surface area contributed by atoms with E-state index in [2.05, 4.69) is 27.7 Å². The highest BCUT2D eigenvalue weighted by Gasteiger charge is 2.48. The second-order valence-electron chi connectivity index (χ2n) is 11.2. The minimum absolute atomic E-state index is 0.0345. The average Bonchev–Trinajstić information content (AvgIpc) is 3.20. The molecule has 37 heavy (non-hydrogen) atoms. The van der Waals surface area contributed by atoms with Gasteiger partial charge in [-0.05, 0) is 57.0 Å². The van der Waals surface area contributed by atoms with Crippen LogP contribution in [0.5, 0.6) is 0 Å².